The number of imide groups is 1. The summed E-state index contributed by atoms with van der Waals surface area (Å²) in [5.74, 6) is 0.0880. The predicted octanol–water partition coefficient (Wildman–Crippen LogP) is 7.25. The maximum absolute atomic E-state index is 13.2. The highest BCUT2D eigenvalue weighted by atomic mass is 35.5. The average Bonchev–Trinajstić information content (AvgIpc) is 3.32. The van der Waals surface area contributed by atoms with Gasteiger partial charge in [-0.05, 0) is 53.7 Å². The van der Waals surface area contributed by atoms with Gasteiger partial charge in [0.25, 0.3) is 11.1 Å². The van der Waals surface area contributed by atoms with Gasteiger partial charge in [0.1, 0.15) is 5.75 Å². The minimum atomic E-state index is -0.374. The fourth-order valence-electron chi connectivity index (χ4n) is 3.99. The van der Waals surface area contributed by atoms with E-state index in [9.17, 15) is 9.59 Å². The molecule has 34 heavy (non-hydrogen) atoms. The number of aromatic nitrogens is 1. The van der Waals surface area contributed by atoms with Crippen molar-refractivity contribution >= 4 is 68.8 Å². The van der Waals surface area contributed by atoms with Crippen molar-refractivity contribution < 1.29 is 14.3 Å². The first-order valence-electron chi connectivity index (χ1n) is 10.4. The zero-order valence-corrected chi connectivity index (χ0v) is 20.3. The van der Waals surface area contributed by atoms with E-state index in [4.69, 9.17) is 27.9 Å². The van der Waals surface area contributed by atoms with Crippen LogP contribution in [-0.2, 0) is 11.3 Å². The van der Waals surface area contributed by atoms with Crippen molar-refractivity contribution in [3.05, 3.63) is 99.0 Å². The number of halogens is 2. The number of para-hydroxylation sites is 3. The summed E-state index contributed by atoms with van der Waals surface area (Å²) in [6.45, 7) is 0.577. The second-order valence-corrected chi connectivity index (χ2v) is 9.47. The molecule has 1 aliphatic rings. The number of ether oxygens (including phenoxy) is 1. The van der Waals surface area contributed by atoms with E-state index in [1.807, 2.05) is 42.6 Å². The summed E-state index contributed by atoms with van der Waals surface area (Å²) in [5.41, 5.74) is 3.28. The predicted molar refractivity (Wildman–Crippen MR) is 139 cm³/mol. The first kappa shape index (κ1) is 22.6. The lowest BCUT2D eigenvalue weighted by Gasteiger charge is -2.15. The van der Waals surface area contributed by atoms with Crippen LogP contribution in [0.4, 0.5) is 10.5 Å². The lowest BCUT2D eigenvalue weighted by Crippen LogP contribution is -2.28. The van der Waals surface area contributed by atoms with Gasteiger partial charge in [-0.15, -0.1) is 0 Å². The van der Waals surface area contributed by atoms with Crippen LogP contribution in [0.15, 0.2) is 77.8 Å². The number of methoxy groups -OCH3 is 1. The molecule has 4 aromatic rings. The number of fused-ring (bicyclic) bond motifs is 1. The number of hydrogen-bond acceptors (Lipinski definition) is 4. The number of hydrogen-bond donors (Lipinski definition) is 0. The normalized spacial score (nSPS) is 15.0. The fourth-order valence-corrected chi connectivity index (χ4v) is 5.13. The minimum absolute atomic E-state index is 0.355. The van der Waals surface area contributed by atoms with Crippen LogP contribution < -0.4 is 9.64 Å². The van der Waals surface area contributed by atoms with Crippen LogP contribution in [0.1, 0.15) is 11.1 Å². The third-order valence-corrected chi connectivity index (χ3v) is 7.17. The van der Waals surface area contributed by atoms with Crippen molar-refractivity contribution in [2.24, 2.45) is 0 Å². The number of amides is 2. The summed E-state index contributed by atoms with van der Waals surface area (Å²) in [5, 5.41) is 1.63. The highest BCUT2D eigenvalue weighted by Gasteiger charge is 2.37. The van der Waals surface area contributed by atoms with Crippen molar-refractivity contribution in [2.75, 3.05) is 12.0 Å². The standard InChI is InChI=1S/C26H18Cl2N2O3S/c1-33-23-9-5-4-8-22(23)30-25(31)24(34-26(30)32)13-17-15-29(21-7-3-2-6-18(17)21)14-16-10-11-19(27)20(28)12-16/h2-13,15H,14H2,1H3/b24-13-. The molecule has 0 atom stereocenters. The molecule has 2 heterocycles. The van der Waals surface area contributed by atoms with Gasteiger partial charge in [0, 0.05) is 29.2 Å². The van der Waals surface area contributed by atoms with Gasteiger partial charge >= 0.3 is 0 Å². The van der Waals surface area contributed by atoms with Crippen molar-refractivity contribution in [2.45, 2.75) is 6.54 Å². The number of benzene rings is 3. The Balaban J connectivity index is 1.52. The van der Waals surface area contributed by atoms with Crippen LogP contribution in [0.2, 0.25) is 10.0 Å². The number of anilines is 1. The van der Waals surface area contributed by atoms with Gasteiger partial charge in [0.2, 0.25) is 0 Å². The van der Waals surface area contributed by atoms with E-state index in [-0.39, 0.29) is 11.1 Å². The minimum Gasteiger partial charge on any atom is -0.495 e. The average molecular weight is 509 g/mol. The van der Waals surface area contributed by atoms with Crippen molar-refractivity contribution in [1.82, 2.24) is 4.57 Å². The first-order chi connectivity index (χ1) is 16.5. The van der Waals surface area contributed by atoms with E-state index in [1.54, 1.807) is 36.4 Å². The van der Waals surface area contributed by atoms with Gasteiger partial charge in [0.15, 0.2) is 0 Å². The van der Waals surface area contributed by atoms with Crippen LogP contribution in [0.5, 0.6) is 5.75 Å². The number of rotatable bonds is 5. The molecule has 5 rings (SSSR count). The zero-order valence-electron chi connectivity index (χ0n) is 18.0. The quantitative estimate of drug-likeness (QED) is 0.266. The van der Waals surface area contributed by atoms with Gasteiger partial charge in [-0.3, -0.25) is 9.59 Å². The van der Waals surface area contributed by atoms with E-state index in [0.29, 0.717) is 32.9 Å². The van der Waals surface area contributed by atoms with E-state index in [0.717, 1.165) is 38.7 Å². The summed E-state index contributed by atoms with van der Waals surface area (Å²) in [4.78, 5) is 27.5. The van der Waals surface area contributed by atoms with Crippen LogP contribution in [0.3, 0.4) is 0 Å². The van der Waals surface area contributed by atoms with Crippen molar-refractivity contribution in [1.29, 1.82) is 0 Å². The summed E-state index contributed by atoms with van der Waals surface area (Å²) >= 11 is 13.2. The largest absolute Gasteiger partial charge is 0.495 e. The van der Waals surface area contributed by atoms with Crippen LogP contribution >= 0.6 is 35.0 Å². The van der Waals surface area contributed by atoms with Gasteiger partial charge in [-0.1, -0.05) is 59.6 Å². The lowest BCUT2D eigenvalue weighted by molar-refractivity contribution is -0.113. The molecule has 170 valence electrons. The number of nitrogens with zero attached hydrogens (tertiary/aromatic N) is 2. The lowest BCUT2D eigenvalue weighted by atomic mass is 10.1. The summed E-state index contributed by atoms with van der Waals surface area (Å²) in [7, 11) is 1.51. The molecule has 0 N–H and O–H groups in total. The molecule has 0 radical (unpaired) electrons. The molecule has 0 unspecified atom stereocenters. The molecule has 0 aliphatic carbocycles. The van der Waals surface area contributed by atoms with E-state index in [2.05, 4.69) is 4.57 Å². The molecule has 3 aromatic carbocycles. The van der Waals surface area contributed by atoms with E-state index in [1.165, 1.54) is 7.11 Å². The Morgan fingerprint density at radius 2 is 1.74 bits per heavy atom. The molecule has 0 spiro atoms. The topological polar surface area (TPSA) is 51.5 Å². The molecule has 1 aromatic heterocycles. The Labute approximate surface area is 210 Å². The van der Waals surface area contributed by atoms with Gasteiger partial charge < -0.3 is 9.30 Å². The Hall–Kier alpha value is -3.19. The van der Waals surface area contributed by atoms with E-state index < -0.39 is 0 Å². The SMILES string of the molecule is COc1ccccc1N1C(=O)S/C(=C\c2cn(Cc3ccc(Cl)c(Cl)c3)c3ccccc23)C1=O. The number of carbonyl (C=O) groups is 2. The summed E-state index contributed by atoms with van der Waals surface area (Å²) < 4.78 is 7.43. The molecule has 1 aliphatic heterocycles. The Bertz CT molecular complexity index is 1480. The Morgan fingerprint density at radius 1 is 0.971 bits per heavy atom. The first-order valence-corrected chi connectivity index (χ1v) is 12.0. The van der Waals surface area contributed by atoms with Crippen molar-refractivity contribution in [3.8, 4) is 5.75 Å². The highest BCUT2D eigenvalue weighted by molar-refractivity contribution is 8.19. The number of carbonyl (C=O) groups excluding carboxylic acids is 2. The van der Waals surface area contributed by atoms with Crippen LogP contribution in [0, 0.1) is 0 Å². The maximum atomic E-state index is 13.2. The molecule has 0 saturated carbocycles. The molecular formula is C26H18Cl2N2O3S. The molecule has 0 bridgehead atoms. The van der Waals surface area contributed by atoms with E-state index >= 15 is 0 Å². The fraction of sp³-hybridized carbons (Fsp3) is 0.0769. The van der Waals surface area contributed by atoms with Crippen LogP contribution in [0.25, 0.3) is 17.0 Å². The molecule has 1 fully saturated rings. The third-order valence-electron chi connectivity index (χ3n) is 5.56. The molecule has 8 heteroatoms. The smallest absolute Gasteiger partial charge is 0.298 e. The zero-order chi connectivity index (χ0) is 23.8. The molecule has 5 nitrogen and oxygen atoms in total. The second-order valence-electron chi connectivity index (χ2n) is 7.67. The summed E-state index contributed by atoms with van der Waals surface area (Å²) in [6.07, 6.45) is 3.75. The van der Waals surface area contributed by atoms with Gasteiger partial charge in [-0.2, -0.15) is 0 Å². The summed E-state index contributed by atoms with van der Waals surface area (Å²) in [6, 6.07) is 20.5. The highest BCUT2D eigenvalue weighted by Crippen LogP contribution is 2.40. The van der Waals surface area contributed by atoms with Crippen molar-refractivity contribution in [3.63, 3.8) is 0 Å². The Kier molecular flexibility index (Phi) is 6.13. The molecular weight excluding hydrogens is 491 g/mol. The monoisotopic (exact) mass is 508 g/mol. The Morgan fingerprint density at radius 3 is 2.53 bits per heavy atom. The van der Waals surface area contributed by atoms with Gasteiger partial charge in [0.05, 0.1) is 27.7 Å². The third kappa shape index (κ3) is 4.09. The molecule has 1 saturated heterocycles. The second kappa shape index (κ2) is 9.22. The maximum Gasteiger partial charge on any atom is 0.298 e. The molecule has 2 amide bonds. The van der Waals surface area contributed by atoms with Crippen LogP contribution in [-0.4, -0.2) is 22.8 Å². The van der Waals surface area contributed by atoms with Gasteiger partial charge in [-0.25, -0.2) is 4.90 Å². The number of thioether (sulfide) groups is 1.